The number of piperazine rings is 1. The molecule has 1 aliphatic heterocycles. The third kappa shape index (κ3) is 3.20. The Balaban J connectivity index is 0.00000225. The zero-order valence-electron chi connectivity index (χ0n) is 15.8. The molecule has 0 bridgehead atoms. The van der Waals surface area contributed by atoms with Crippen molar-refractivity contribution in [2.24, 2.45) is 0 Å². The molecule has 1 saturated heterocycles. The number of halogens is 1. The van der Waals surface area contributed by atoms with E-state index in [0.717, 1.165) is 25.5 Å². The number of rotatable bonds is 4. The maximum Gasteiger partial charge on any atom is 0.341 e. The Morgan fingerprint density at radius 3 is 2.68 bits per heavy atom. The van der Waals surface area contributed by atoms with E-state index < -0.39 is 17.2 Å². The molecule has 152 valence electrons. The lowest BCUT2D eigenvalue weighted by atomic mass is 10.1. The van der Waals surface area contributed by atoms with Crippen LogP contribution in [0.25, 0.3) is 10.9 Å². The Hall–Kier alpha value is -2.65. The molecule has 1 atom stereocenters. The van der Waals surface area contributed by atoms with Crippen LogP contribution in [-0.4, -0.2) is 53.9 Å². The summed E-state index contributed by atoms with van der Waals surface area (Å²) in [5, 5.41) is 12.7. The lowest BCUT2D eigenvalue weighted by molar-refractivity contribution is 0.0695. The molecule has 28 heavy (non-hydrogen) atoms. The van der Waals surface area contributed by atoms with E-state index in [1.807, 2.05) is 11.8 Å². The monoisotopic (exact) mass is 393 g/mol. The number of fused-ring (bicyclic) bond motifs is 1. The number of nitrogens with zero attached hydrogens (tertiary/aromatic N) is 2. The number of anilines is 1. The van der Waals surface area contributed by atoms with Crippen LogP contribution in [0.1, 0.15) is 36.2 Å². The van der Waals surface area contributed by atoms with E-state index in [1.54, 1.807) is 4.57 Å². The molecule has 0 spiro atoms. The first-order valence-electron chi connectivity index (χ1n) is 9.09. The molecule has 9 heteroatoms. The van der Waals surface area contributed by atoms with Gasteiger partial charge in [0.2, 0.25) is 5.43 Å². The zero-order chi connectivity index (χ0) is 19.3. The molecule has 2 heterocycles. The van der Waals surface area contributed by atoms with Crippen LogP contribution in [-0.2, 0) is 0 Å². The highest BCUT2D eigenvalue weighted by molar-refractivity contribution is 5.97. The van der Waals surface area contributed by atoms with Crippen LogP contribution in [0.3, 0.4) is 0 Å². The molecular weight excluding hydrogens is 369 g/mol. The predicted molar refractivity (Wildman–Crippen MR) is 103 cm³/mol. The van der Waals surface area contributed by atoms with Gasteiger partial charge in [0.15, 0.2) is 11.6 Å². The third-order valence-electron chi connectivity index (χ3n) is 5.26. The first-order chi connectivity index (χ1) is 12.9. The molecule has 1 aromatic heterocycles. The highest BCUT2D eigenvalue weighted by Crippen LogP contribution is 2.43. The minimum atomic E-state index is -1.31. The van der Waals surface area contributed by atoms with Crippen molar-refractivity contribution in [1.29, 1.82) is 0 Å². The minimum Gasteiger partial charge on any atom is -0.492 e. The van der Waals surface area contributed by atoms with E-state index in [2.05, 4.69) is 5.32 Å². The lowest BCUT2D eigenvalue weighted by Gasteiger charge is -2.35. The second-order valence-corrected chi connectivity index (χ2v) is 7.25. The summed E-state index contributed by atoms with van der Waals surface area (Å²) in [6.45, 7) is 3.97. The van der Waals surface area contributed by atoms with Crippen molar-refractivity contribution in [3.8, 4) is 5.75 Å². The molecule has 2 fully saturated rings. The summed E-state index contributed by atoms with van der Waals surface area (Å²) in [5.74, 6) is -1.59. The fourth-order valence-corrected chi connectivity index (χ4v) is 3.86. The van der Waals surface area contributed by atoms with E-state index in [-0.39, 0.29) is 28.5 Å². The predicted octanol–water partition coefficient (Wildman–Crippen LogP) is 1.16. The highest BCUT2D eigenvalue weighted by Gasteiger charge is 2.32. The number of hydrogen-bond donors (Lipinski definition) is 2. The van der Waals surface area contributed by atoms with Gasteiger partial charge in [0, 0.05) is 37.9 Å². The van der Waals surface area contributed by atoms with Gasteiger partial charge in [-0.25, -0.2) is 9.18 Å². The van der Waals surface area contributed by atoms with E-state index in [0.29, 0.717) is 30.0 Å². The number of carboxylic acid groups (broad SMARTS) is 1. The summed E-state index contributed by atoms with van der Waals surface area (Å²) in [6.07, 6.45) is 3.14. The van der Waals surface area contributed by atoms with Crippen molar-refractivity contribution >= 4 is 22.6 Å². The lowest BCUT2D eigenvalue weighted by Crippen LogP contribution is -2.49. The number of ether oxygens (including phenoxy) is 1. The van der Waals surface area contributed by atoms with Gasteiger partial charge in [-0.15, -0.1) is 0 Å². The van der Waals surface area contributed by atoms with Crippen LogP contribution < -0.4 is 20.4 Å². The summed E-state index contributed by atoms with van der Waals surface area (Å²) in [4.78, 5) is 26.1. The average Bonchev–Trinajstić information content (AvgIpc) is 3.46. The summed E-state index contributed by atoms with van der Waals surface area (Å²) in [7, 11) is 1.45. The van der Waals surface area contributed by atoms with Crippen LogP contribution in [0, 0.1) is 5.82 Å². The largest absolute Gasteiger partial charge is 0.492 e. The van der Waals surface area contributed by atoms with Gasteiger partial charge in [0.1, 0.15) is 11.3 Å². The van der Waals surface area contributed by atoms with Crippen LogP contribution in [0.2, 0.25) is 0 Å². The highest BCUT2D eigenvalue weighted by atomic mass is 19.1. The Morgan fingerprint density at radius 2 is 2.11 bits per heavy atom. The molecule has 1 aliphatic carbocycles. The maximum atomic E-state index is 15.1. The molecule has 0 radical (unpaired) electrons. The number of hydrogen-bond acceptors (Lipinski definition) is 5. The average molecular weight is 393 g/mol. The number of aromatic carboxylic acids is 1. The molecule has 1 saturated carbocycles. The summed E-state index contributed by atoms with van der Waals surface area (Å²) >= 11 is 0. The summed E-state index contributed by atoms with van der Waals surface area (Å²) in [6, 6.07) is 1.45. The second-order valence-electron chi connectivity index (χ2n) is 7.25. The smallest absolute Gasteiger partial charge is 0.341 e. The van der Waals surface area contributed by atoms with Gasteiger partial charge in [-0.2, -0.15) is 0 Å². The maximum absolute atomic E-state index is 15.1. The van der Waals surface area contributed by atoms with Gasteiger partial charge in [0.25, 0.3) is 0 Å². The number of methoxy groups -OCH3 is 1. The summed E-state index contributed by atoms with van der Waals surface area (Å²) < 4.78 is 22.5. The summed E-state index contributed by atoms with van der Waals surface area (Å²) in [5.41, 5.74) is -0.237. The van der Waals surface area contributed by atoms with Gasteiger partial charge in [0.05, 0.1) is 18.0 Å². The first kappa shape index (κ1) is 20.1. The minimum absolute atomic E-state index is 0. The molecular formula is C19H24FN3O5. The molecule has 4 N–H and O–H groups in total. The quantitative estimate of drug-likeness (QED) is 0.805. The van der Waals surface area contributed by atoms with Gasteiger partial charge in [-0.05, 0) is 25.8 Å². The number of carbonyl (C=O) groups is 1. The SMILES string of the molecule is COc1c(N2CCN[C@@H](C)C2)c(F)cc2c(=O)c(C(=O)O)cn(C3CC3)c12.O. The first-order valence-corrected chi connectivity index (χ1v) is 9.09. The van der Waals surface area contributed by atoms with Crippen LogP contribution in [0.5, 0.6) is 5.75 Å². The van der Waals surface area contributed by atoms with Crippen molar-refractivity contribution in [3.63, 3.8) is 0 Å². The van der Waals surface area contributed by atoms with Gasteiger partial charge in [-0.1, -0.05) is 0 Å². The standard InChI is InChI=1S/C19H22FN3O4.H2O/c1-10-8-22(6-5-21-10)16-14(20)7-12-15(18(16)27-2)23(11-3-4-11)9-13(17(12)24)19(25)26;/h7,9-11,21H,3-6,8H2,1-2H3,(H,25,26);1H2/t10-;/m0./s1. The fraction of sp³-hybridized carbons (Fsp3) is 0.474. The van der Waals surface area contributed by atoms with Crippen molar-refractivity contribution in [2.45, 2.75) is 31.8 Å². The molecule has 0 unspecified atom stereocenters. The number of pyridine rings is 1. The van der Waals surface area contributed by atoms with Crippen LogP contribution in [0.15, 0.2) is 17.1 Å². The van der Waals surface area contributed by atoms with E-state index in [4.69, 9.17) is 4.74 Å². The van der Waals surface area contributed by atoms with Crippen LogP contribution in [0.4, 0.5) is 10.1 Å². The van der Waals surface area contributed by atoms with Gasteiger partial charge < -0.3 is 30.1 Å². The Labute approximate surface area is 160 Å². The van der Waals surface area contributed by atoms with E-state index in [9.17, 15) is 14.7 Å². The molecule has 1 aromatic carbocycles. The fourth-order valence-electron chi connectivity index (χ4n) is 3.86. The normalized spacial score (nSPS) is 19.4. The second kappa shape index (κ2) is 7.40. The molecule has 2 aliphatic rings. The van der Waals surface area contributed by atoms with Crippen molar-refractivity contribution in [2.75, 3.05) is 31.6 Å². The van der Waals surface area contributed by atoms with Gasteiger partial charge in [-0.3, -0.25) is 4.79 Å². The van der Waals surface area contributed by atoms with E-state index in [1.165, 1.54) is 13.3 Å². The molecule has 0 amide bonds. The topological polar surface area (TPSA) is 115 Å². The number of benzene rings is 1. The number of aromatic nitrogens is 1. The molecule has 4 rings (SSSR count). The van der Waals surface area contributed by atoms with E-state index >= 15 is 4.39 Å². The molecule has 2 aromatic rings. The number of carboxylic acids is 1. The number of nitrogens with one attached hydrogen (secondary N) is 1. The van der Waals surface area contributed by atoms with Crippen molar-refractivity contribution in [3.05, 3.63) is 33.9 Å². The van der Waals surface area contributed by atoms with Crippen LogP contribution >= 0.6 is 0 Å². The Kier molecular flexibility index (Phi) is 5.31. The molecule has 8 nitrogen and oxygen atoms in total. The van der Waals surface area contributed by atoms with Crippen molar-refractivity contribution in [1.82, 2.24) is 9.88 Å². The van der Waals surface area contributed by atoms with Crippen molar-refractivity contribution < 1.29 is 24.5 Å². The third-order valence-corrected chi connectivity index (χ3v) is 5.26. The Morgan fingerprint density at radius 1 is 1.39 bits per heavy atom. The van der Waals surface area contributed by atoms with Gasteiger partial charge >= 0.3 is 5.97 Å². The Bertz CT molecular complexity index is 986. The zero-order valence-corrected chi connectivity index (χ0v) is 15.8.